The molecule has 1 aromatic rings. The summed E-state index contributed by atoms with van der Waals surface area (Å²) in [5, 5.41) is 0.721. The van der Waals surface area contributed by atoms with Crippen LogP contribution in [0.3, 0.4) is 0 Å². The van der Waals surface area contributed by atoms with Crippen molar-refractivity contribution in [3.8, 4) is 0 Å². The normalized spacial score (nSPS) is 11.4. The van der Waals surface area contributed by atoms with Crippen LogP contribution in [-0.2, 0) is 19.4 Å². The Kier molecular flexibility index (Phi) is 4.79. The molecule has 0 aliphatic heterocycles. The van der Waals surface area contributed by atoms with Crippen LogP contribution in [0.15, 0.2) is 41.8 Å². The molecule has 0 unspecified atom stereocenters. The van der Waals surface area contributed by atoms with E-state index in [4.69, 9.17) is 0 Å². The van der Waals surface area contributed by atoms with Gasteiger partial charge in [-0.3, -0.25) is 9.59 Å². The van der Waals surface area contributed by atoms with Crippen molar-refractivity contribution in [2.75, 3.05) is 12.9 Å². The van der Waals surface area contributed by atoms with Crippen molar-refractivity contribution in [1.29, 1.82) is 0 Å². The van der Waals surface area contributed by atoms with Crippen LogP contribution in [-0.4, -0.2) is 33.0 Å². The van der Waals surface area contributed by atoms with Gasteiger partial charge in [0.15, 0.2) is 21.4 Å². The van der Waals surface area contributed by atoms with Crippen molar-refractivity contribution in [2.45, 2.75) is 0 Å². The molecule has 0 heterocycles. The summed E-state index contributed by atoms with van der Waals surface area (Å²) in [6.07, 6.45) is 0.924. The lowest BCUT2D eigenvalue weighted by atomic mass is 10.1. The lowest BCUT2D eigenvalue weighted by Gasteiger charge is -1.97. The highest BCUT2D eigenvalue weighted by Gasteiger charge is 2.14. The molecule has 0 radical (unpaired) electrons. The minimum atomic E-state index is -3.77. The first kappa shape index (κ1) is 14.1. The summed E-state index contributed by atoms with van der Waals surface area (Å²) >= 11 is 0. The summed E-state index contributed by atoms with van der Waals surface area (Å²) < 4.78 is 27.0. The molecule has 0 bridgehead atoms. The van der Waals surface area contributed by atoms with Gasteiger partial charge in [-0.15, -0.1) is 0 Å². The van der Waals surface area contributed by atoms with E-state index in [1.807, 2.05) is 0 Å². The highest BCUT2D eigenvalue weighted by atomic mass is 32.2. The average Bonchev–Trinajstić information content (AvgIpc) is 2.36. The van der Waals surface area contributed by atoms with Gasteiger partial charge in [-0.2, -0.15) is 0 Å². The molecule has 0 aliphatic rings. The van der Waals surface area contributed by atoms with Crippen LogP contribution in [0, 0.1) is 0 Å². The molecule has 0 spiro atoms. The molecular weight excluding hydrogens is 256 g/mol. The molecule has 0 fully saturated rings. The number of methoxy groups -OCH3 is 1. The van der Waals surface area contributed by atoms with E-state index in [2.05, 4.69) is 4.74 Å². The Balaban J connectivity index is 2.76. The summed E-state index contributed by atoms with van der Waals surface area (Å²) in [4.78, 5) is 22.4. The molecule has 0 amide bonds. The zero-order chi connectivity index (χ0) is 13.6. The Hall–Kier alpha value is -1.95. The zero-order valence-electron chi connectivity index (χ0n) is 9.70. The van der Waals surface area contributed by atoms with Gasteiger partial charge in [0.25, 0.3) is 0 Å². The maximum Gasteiger partial charge on any atom is 0.321 e. The van der Waals surface area contributed by atoms with Crippen molar-refractivity contribution in [2.24, 2.45) is 0 Å². The first-order valence-corrected chi connectivity index (χ1v) is 6.73. The van der Waals surface area contributed by atoms with Crippen LogP contribution in [0.1, 0.15) is 10.4 Å². The van der Waals surface area contributed by atoms with Crippen molar-refractivity contribution in [1.82, 2.24) is 0 Å². The number of esters is 1. The second-order valence-electron chi connectivity index (χ2n) is 3.42. The molecule has 0 N–H and O–H groups in total. The van der Waals surface area contributed by atoms with Crippen molar-refractivity contribution in [3.63, 3.8) is 0 Å². The quantitative estimate of drug-likeness (QED) is 0.452. The Morgan fingerprint density at radius 2 is 1.83 bits per heavy atom. The van der Waals surface area contributed by atoms with E-state index in [9.17, 15) is 18.0 Å². The fourth-order valence-corrected chi connectivity index (χ4v) is 2.01. The summed E-state index contributed by atoms with van der Waals surface area (Å²) in [7, 11) is -2.68. The van der Waals surface area contributed by atoms with E-state index in [0.717, 1.165) is 18.6 Å². The molecular formula is C12H12O5S. The maximum absolute atomic E-state index is 11.6. The molecule has 5 nitrogen and oxygen atoms in total. The fourth-order valence-electron chi connectivity index (χ4n) is 1.14. The Labute approximate surface area is 105 Å². The lowest BCUT2D eigenvalue weighted by molar-refractivity contribution is -0.137. The molecule has 0 aromatic heterocycles. The fraction of sp³-hybridized carbons (Fsp3) is 0.167. The SMILES string of the molecule is COC(=O)CS(=O)(=O)/C=C/C(=O)c1ccccc1. The molecule has 0 saturated heterocycles. The zero-order valence-corrected chi connectivity index (χ0v) is 10.5. The van der Waals surface area contributed by atoms with Gasteiger partial charge in [0.05, 0.1) is 7.11 Å². The van der Waals surface area contributed by atoms with Gasteiger partial charge in [0, 0.05) is 11.0 Å². The summed E-state index contributed by atoms with van der Waals surface area (Å²) in [5.74, 6) is -2.09. The average molecular weight is 268 g/mol. The summed E-state index contributed by atoms with van der Waals surface area (Å²) in [6.45, 7) is 0. The van der Waals surface area contributed by atoms with Crippen LogP contribution in [0.2, 0.25) is 0 Å². The number of ether oxygens (including phenoxy) is 1. The van der Waals surface area contributed by atoms with Gasteiger partial charge in [0.2, 0.25) is 0 Å². The molecule has 0 saturated carbocycles. The lowest BCUT2D eigenvalue weighted by Crippen LogP contribution is -2.15. The number of carbonyl (C=O) groups is 2. The van der Waals surface area contributed by atoms with E-state index in [1.165, 1.54) is 0 Å². The second kappa shape index (κ2) is 6.11. The van der Waals surface area contributed by atoms with Crippen LogP contribution in [0.4, 0.5) is 0 Å². The number of ketones is 1. The number of allylic oxidation sites excluding steroid dienone is 1. The third-order valence-corrected chi connectivity index (χ3v) is 3.22. The molecule has 0 aliphatic carbocycles. The van der Waals surface area contributed by atoms with E-state index in [-0.39, 0.29) is 0 Å². The molecule has 1 aromatic carbocycles. The van der Waals surface area contributed by atoms with Crippen LogP contribution < -0.4 is 0 Å². The first-order valence-electron chi connectivity index (χ1n) is 5.01. The van der Waals surface area contributed by atoms with E-state index >= 15 is 0 Å². The van der Waals surface area contributed by atoms with Gasteiger partial charge in [-0.25, -0.2) is 8.42 Å². The Bertz CT molecular complexity index is 557. The number of rotatable bonds is 5. The van der Waals surface area contributed by atoms with Crippen LogP contribution >= 0.6 is 0 Å². The van der Waals surface area contributed by atoms with Gasteiger partial charge in [-0.1, -0.05) is 30.3 Å². The number of carbonyl (C=O) groups excluding carboxylic acids is 2. The van der Waals surface area contributed by atoms with Crippen LogP contribution in [0.25, 0.3) is 0 Å². The third-order valence-electron chi connectivity index (χ3n) is 2.03. The smallest absolute Gasteiger partial charge is 0.321 e. The summed E-state index contributed by atoms with van der Waals surface area (Å²) in [5.41, 5.74) is 0.377. The molecule has 0 atom stereocenters. The first-order chi connectivity index (χ1) is 8.44. The predicted molar refractivity (Wildman–Crippen MR) is 65.7 cm³/mol. The molecule has 6 heteroatoms. The third kappa shape index (κ3) is 4.50. The molecule has 1 rings (SSSR count). The number of hydrogen-bond acceptors (Lipinski definition) is 5. The highest BCUT2D eigenvalue weighted by Crippen LogP contribution is 2.02. The highest BCUT2D eigenvalue weighted by molar-refractivity contribution is 7.94. The van der Waals surface area contributed by atoms with Gasteiger partial charge in [0.1, 0.15) is 0 Å². The van der Waals surface area contributed by atoms with Crippen molar-refractivity contribution >= 4 is 21.6 Å². The largest absolute Gasteiger partial charge is 0.468 e. The topological polar surface area (TPSA) is 77.5 Å². The Morgan fingerprint density at radius 3 is 2.39 bits per heavy atom. The van der Waals surface area contributed by atoms with E-state index < -0.39 is 27.3 Å². The van der Waals surface area contributed by atoms with Gasteiger partial charge >= 0.3 is 5.97 Å². The van der Waals surface area contributed by atoms with Crippen molar-refractivity contribution < 1.29 is 22.7 Å². The number of hydrogen-bond donors (Lipinski definition) is 0. The van der Waals surface area contributed by atoms with Gasteiger partial charge in [-0.05, 0) is 6.08 Å². The van der Waals surface area contributed by atoms with E-state index in [1.54, 1.807) is 30.3 Å². The van der Waals surface area contributed by atoms with E-state index in [0.29, 0.717) is 5.56 Å². The number of sulfone groups is 1. The van der Waals surface area contributed by atoms with Crippen LogP contribution in [0.5, 0.6) is 0 Å². The predicted octanol–water partition coefficient (Wildman–Crippen LogP) is 0.971. The minimum Gasteiger partial charge on any atom is -0.468 e. The maximum atomic E-state index is 11.6. The standard InChI is InChI=1S/C12H12O5S/c1-17-12(14)9-18(15,16)8-7-11(13)10-5-3-2-4-6-10/h2-8H,9H2,1H3/b8-7+. The Morgan fingerprint density at radius 1 is 1.22 bits per heavy atom. The minimum absolute atomic E-state index is 0.377. The second-order valence-corrected chi connectivity index (χ2v) is 5.30. The monoisotopic (exact) mass is 268 g/mol. The summed E-state index contributed by atoms with van der Waals surface area (Å²) in [6, 6.07) is 8.22. The molecule has 18 heavy (non-hydrogen) atoms. The van der Waals surface area contributed by atoms with Gasteiger partial charge < -0.3 is 4.74 Å². The number of benzene rings is 1. The van der Waals surface area contributed by atoms with Crippen molar-refractivity contribution in [3.05, 3.63) is 47.4 Å². The molecule has 96 valence electrons.